The fourth-order valence-electron chi connectivity index (χ4n) is 2.00. The zero-order valence-corrected chi connectivity index (χ0v) is 13.4. The van der Waals surface area contributed by atoms with Gasteiger partial charge < -0.3 is 15.8 Å². The van der Waals surface area contributed by atoms with E-state index < -0.39 is 6.04 Å². The second-order valence-electron chi connectivity index (χ2n) is 4.94. The molecule has 0 amide bonds. The summed E-state index contributed by atoms with van der Waals surface area (Å²) >= 11 is 1.44. The van der Waals surface area contributed by atoms with Gasteiger partial charge in [0.15, 0.2) is 12.0 Å². The predicted octanol–water partition coefficient (Wildman–Crippen LogP) is 3.18. The summed E-state index contributed by atoms with van der Waals surface area (Å²) in [5, 5.41) is 11.8. The van der Waals surface area contributed by atoms with Crippen LogP contribution in [-0.4, -0.2) is 18.5 Å². The average molecular weight is 311 g/mol. The standard InChI is InChI=1S/C15H25N3O2S/c1-2-3-4-5-6-7-10-20-14(19)13(18-15(16)17)12-9-8-11-21-12/h8-9,11,13H,2-7,10H2,1H3,(H4,16,17,18). The molecule has 0 saturated heterocycles. The first-order valence-electron chi connectivity index (χ1n) is 7.45. The SMILES string of the molecule is CCCCCCCCOC(=O)C(NC(=N)N)c1cccs1. The molecule has 0 aromatic carbocycles. The smallest absolute Gasteiger partial charge is 0.334 e. The zero-order chi connectivity index (χ0) is 15.5. The molecule has 0 fully saturated rings. The number of hydrogen-bond acceptors (Lipinski definition) is 4. The van der Waals surface area contributed by atoms with Crippen LogP contribution in [0.1, 0.15) is 56.4 Å². The van der Waals surface area contributed by atoms with Gasteiger partial charge in [-0.05, 0) is 17.9 Å². The lowest BCUT2D eigenvalue weighted by atomic mass is 10.1. The van der Waals surface area contributed by atoms with Crippen molar-refractivity contribution in [3.63, 3.8) is 0 Å². The van der Waals surface area contributed by atoms with Gasteiger partial charge in [-0.2, -0.15) is 0 Å². The summed E-state index contributed by atoms with van der Waals surface area (Å²) in [5.41, 5.74) is 5.33. The van der Waals surface area contributed by atoms with Crippen LogP contribution in [0.2, 0.25) is 0 Å². The number of carbonyl (C=O) groups excluding carboxylic acids is 1. The molecular formula is C15H25N3O2S. The Morgan fingerprint density at radius 3 is 2.71 bits per heavy atom. The van der Waals surface area contributed by atoms with Crippen LogP contribution in [0, 0.1) is 5.41 Å². The minimum Gasteiger partial charge on any atom is -0.464 e. The summed E-state index contributed by atoms with van der Waals surface area (Å²) in [7, 11) is 0. The van der Waals surface area contributed by atoms with Gasteiger partial charge in [-0.25, -0.2) is 4.79 Å². The highest BCUT2D eigenvalue weighted by molar-refractivity contribution is 7.10. The molecule has 21 heavy (non-hydrogen) atoms. The summed E-state index contributed by atoms with van der Waals surface area (Å²) in [6.45, 7) is 2.61. The van der Waals surface area contributed by atoms with Gasteiger partial charge in [0.25, 0.3) is 0 Å². The summed E-state index contributed by atoms with van der Waals surface area (Å²) < 4.78 is 5.29. The molecule has 1 aromatic rings. The third-order valence-corrected chi connectivity index (χ3v) is 4.04. The maximum absolute atomic E-state index is 12.1. The van der Waals surface area contributed by atoms with E-state index in [1.807, 2.05) is 17.5 Å². The second kappa shape index (κ2) is 10.2. The summed E-state index contributed by atoms with van der Waals surface area (Å²) in [5.74, 6) is -0.605. The molecule has 118 valence electrons. The molecule has 0 saturated carbocycles. The average Bonchev–Trinajstić information content (AvgIpc) is 2.97. The molecule has 0 aliphatic carbocycles. The molecule has 1 aromatic heterocycles. The van der Waals surface area contributed by atoms with Gasteiger partial charge in [0.05, 0.1) is 6.61 Å². The maximum Gasteiger partial charge on any atom is 0.334 e. The van der Waals surface area contributed by atoms with Crippen molar-refractivity contribution in [2.24, 2.45) is 5.73 Å². The van der Waals surface area contributed by atoms with Gasteiger partial charge >= 0.3 is 5.97 Å². The highest BCUT2D eigenvalue weighted by Crippen LogP contribution is 2.20. The Labute approximate surface area is 130 Å². The summed E-state index contributed by atoms with van der Waals surface area (Å²) in [6.07, 6.45) is 6.89. The van der Waals surface area contributed by atoms with Crippen LogP contribution in [0.5, 0.6) is 0 Å². The fraction of sp³-hybridized carbons (Fsp3) is 0.600. The van der Waals surface area contributed by atoms with Crippen LogP contribution < -0.4 is 11.1 Å². The lowest BCUT2D eigenvalue weighted by Crippen LogP contribution is -2.38. The number of nitrogens with two attached hydrogens (primary N) is 1. The monoisotopic (exact) mass is 311 g/mol. The molecule has 0 radical (unpaired) electrons. The lowest BCUT2D eigenvalue weighted by Gasteiger charge is -2.16. The predicted molar refractivity (Wildman–Crippen MR) is 86.4 cm³/mol. The van der Waals surface area contributed by atoms with Gasteiger partial charge in [0.2, 0.25) is 0 Å². The largest absolute Gasteiger partial charge is 0.464 e. The van der Waals surface area contributed by atoms with E-state index in [1.165, 1.54) is 37.0 Å². The van der Waals surface area contributed by atoms with Crippen molar-refractivity contribution in [2.75, 3.05) is 6.61 Å². The van der Waals surface area contributed by atoms with E-state index in [2.05, 4.69) is 12.2 Å². The van der Waals surface area contributed by atoms with Crippen LogP contribution >= 0.6 is 11.3 Å². The van der Waals surface area contributed by atoms with Crippen molar-refractivity contribution in [1.82, 2.24) is 5.32 Å². The number of carbonyl (C=O) groups is 1. The van der Waals surface area contributed by atoms with E-state index in [0.29, 0.717) is 6.61 Å². The van der Waals surface area contributed by atoms with E-state index in [9.17, 15) is 4.79 Å². The lowest BCUT2D eigenvalue weighted by molar-refractivity contribution is -0.146. The summed E-state index contributed by atoms with van der Waals surface area (Å²) in [6, 6.07) is 3.01. The molecular weight excluding hydrogens is 286 g/mol. The topological polar surface area (TPSA) is 88.2 Å². The van der Waals surface area contributed by atoms with Crippen molar-refractivity contribution in [3.05, 3.63) is 22.4 Å². The van der Waals surface area contributed by atoms with E-state index >= 15 is 0 Å². The minimum atomic E-state index is -0.678. The number of thiophene rings is 1. The van der Waals surface area contributed by atoms with Crippen LogP contribution in [0.4, 0.5) is 0 Å². The third kappa shape index (κ3) is 7.13. The Kier molecular flexibility index (Phi) is 8.50. The first-order chi connectivity index (χ1) is 10.1. The van der Waals surface area contributed by atoms with Crippen molar-refractivity contribution in [1.29, 1.82) is 5.41 Å². The van der Waals surface area contributed by atoms with Crippen molar-refractivity contribution in [3.8, 4) is 0 Å². The van der Waals surface area contributed by atoms with Gasteiger partial charge in [0.1, 0.15) is 0 Å². The Hall–Kier alpha value is -1.56. The highest BCUT2D eigenvalue weighted by Gasteiger charge is 2.23. The van der Waals surface area contributed by atoms with Crippen molar-refractivity contribution in [2.45, 2.75) is 51.5 Å². The number of unbranched alkanes of at least 4 members (excludes halogenated alkanes) is 5. The first-order valence-corrected chi connectivity index (χ1v) is 8.33. The number of ether oxygens (including phenoxy) is 1. The molecule has 4 N–H and O–H groups in total. The number of nitrogens with one attached hydrogen (secondary N) is 2. The van der Waals surface area contributed by atoms with Crippen LogP contribution in [0.15, 0.2) is 17.5 Å². The van der Waals surface area contributed by atoms with Gasteiger partial charge in [-0.1, -0.05) is 45.1 Å². The highest BCUT2D eigenvalue weighted by atomic mass is 32.1. The van der Waals surface area contributed by atoms with Crippen LogP contribution in [-0.2, 0) is 9.53 Å². The Balaban J connectivity index is 2.31. The third-order valence-electron chi connectivity index (χ3n) is 3.11. The van der Waals surface area contributed by atoms with Crippen molar-refractivity contribution >= 4 is 23.3 Å². The summed E-state index contributed by atoms with van der Waals surface area (Å²) in [4.78, 5) is 12.9. The molecule has 1 atom stereocenters. The Morgan fingerprint density at radius 1 is 1.38 bits per heavy atom. The molecule has 0 bridgehead atoms. The molecule has 1 unspecified atom stereocenters. The quantitative estimate of drug-likeness (QED) is 0.268. The maximum atomic E-state index is 12.1. The zero-order valence-electron chi connectivity index (χ0n) is 12.6. The number of hydrogen-bond donors (Lipinski definition) is 3. The number of esters is 1. The van der Waals surface area contributed by atoms with Crippen LogP contribution in [0.25, 0.3) is 0 Å². The molecule has 0 spiro atoms. The molecule has 5 nitrogen and oxygen atoms in total. The second-order valence-corrected chi connectivity index (χ2v) is 5.92. The van der Waals surface area contributed by atoms with Crippen LogP contribution in [0.3, 0.4) is 0 Å². The Morgan fingerprint density at radius 2 is 2.10 bits per heavy atom. The number of guanidine groups is 1. The van der Waals surface area contributed by atoms with E-state index in [1.54, 1.807) is 0 Å². The molecule has 0 aliphatic rings. The van der Waals surface area contributed by atoms with E-state index in [-0.39, 0.29) is 11.9 Å². The molecule has 6 heteroatoms. The van der Waals surface area contributed by atoms with Gasteiger partial charge in [-0.3, -0.25) is 5.41 Å². The molecule has 1 heterocycles. The van der Waals surface area contributed by atoms with E-state index in [0.717, 1.165) is 17.7 Å². The van der Waals surface area contributed by atoms with E-state index in [4.69, 9.17) is 15.9 Å². The molecule has 1 rings (SSSR count). The van der Waals surface area contributed by atoms with Gasteiger partial charge in [-0.15, -0.1) is 11.3 Å². The van der Waals surface area contributed by atoms with Crippen molar-refractivity contribution < 1.29 is 9.53 Å². The Bertz CT molecular complexity index is 421. The normalized spacial score (nSPS) is 11.9. The molecule has 0 aliphatic heterocycles. The first kappa shape index (κ1) is 17.5. The minimum absolute atomic E-state index is 0.232. The van der Waals surface area contributed by atoms with Gasteiger partial charge in [0, 0.05) is 4.88 Å². The fourth-order valence-corrected chi connectivity index (χ4v) is 2.76. The number of rotatable bonds is 10.